The van der Waals surface area contributed by atoms with Gasteiger partial charge in [0.1, 0.15) is 0 Å². The van der Waals surface area contributed by atoms with E-state index in [1.165, 1.54) is 32.1 Å². The molecule has 10 heavy (non-hydrogen) atoms. The maximum absolute atomic E-state index is 2.38. The molecule has 0 aromatic carbocycles. The lowest BCUT2D eigenvalue weighted by molar-refractivity contribution is 0.677. The first-order valence-corrected chi connectivity index (χ1v) is 4.26. The normalized spacial score (nSPS) is 24.7. The highest BCUT2D eigenvalue weighted by molar-refractivity contribution is 5.42. The van der Waals surface area contributed by atoms with Crippen LogP contribution in [0.2, 0.25) is 0 Å². The molecule has 0 aromatic rings. The van der Waals surface area contributed by atoms with Crippen LogP contribution in [0.5, 0.6) is 0 Å². The summed E-state index contributed by atoms with van der Waals surface area (Å²) in [5, 5.41) is 0. The fraction of sp³-hybridized carbons (Fsp3) is 0.600. The molecule has 0 bridgehead atoms. The van der Waals surface area contributed by atoms with Crippen molar-refractivity contribution in [2.45, 2.75) is 39.0 Å². The summed E-state index contributed by atoms with van der Waals surface area (Å²) in [5.74, 6) is 0. The molecule has 0 heterocycles. The van der Waals surface area contributed by atoms with Crippen LogP contribution in [0.25, 0.3) is 0 Å². The fourth-order valence-electron chi connectivity index (χ4n) is 2.07. The van der Waals surface area contributed by atoms with Crippen molar-refractivity contribution in [3.8, 4) is 0 Å². The first-order chi connectivity index (χ1) is 4.88. The maximum atomic E-state index is 2.38. The minimum Gasteiger partial charge on any atom is -0.0772 e. The zero-order chi connectivity index (χ0) is 6.97. The van der Waals surface area contributed by atoms with Gasteiger partial charge < -0.3 is 0 Å². The van der Waals surface area contributed by atoms with Crippen LogP contribution in [0.1, 0.15) is 40.5 Å². The molecule has 0 aliphatic heterocycles. The molecule has 0 aromatic heterocycles. The van der Waals surface area contributed by atoms with Gasteiger partial charge in [0.25, 0.3) is 0 Å². The zero-order valence-corrected chi connectivity index (χ0v) is 6.61. The third kappa shape index (κ3) is 0.828. The molecule has 0 amide bonds. The van der Waals surface area contributed by atoms with Crippen molar-refractivity contribution < 1.29 is 1.43 Å². The van der Waals surface area contributed by atoms with Crippen molar-refractivity contribution in [1.82, 2.24) is 0 Å². The second kappa shape index (κ2) is 2.26. The van der Waals surface area contributed by atoms with E-state index >= 15 is 0 Å². The average molecular weight is 136 g/mol. The van der Waals surface area contributed by atoms with Crippen LogP contribution in [-0.4, -0.2) is 0 Å². The molecule has 0 unspecified atom stereocenters. The van der Waals surface area contributed by atoms with Gasteiger partial charge in [-0.1, -0.05) is 17.2 Å². The maximum Gasteiger partial charge on any atom is 0 e. The van der Waals surface area contributed by atoms with Crippen molar-refractivity contribution in [2.24, 2.45) is 0 Å². The van der Waals surface area contributed by atoms with E-state index in [1.807, 2.05) is 0 Å². The second-order valence-electron chi connectivity index (χ2n) is 3.38. The molecule has 0 atom stereocenters. The van der Waals surface area contributed by atoms with Crippen LogP contribution < -0.4 is 0 Å². The summed E-state index contributed by atoms with van der Waals surface area (Å²) in [6, 6.07) is 0. The topological polar surface area (TPSA) is 0 Å². The summed E-state index contributed by atoms with van der Waals surface area (Å²) >= 11 is 0. The predicted octanol–water partition coefficient (Wildman–Crippen LogP) is 3.45. The van der Waals surface area contributed by atoms with Gasteiger partial charge in [-0.05, 0) is 44.6 Å². The highest BCUT2D eigenvalue weighted by Crippen LogP contribution is 2.36. The van der Waals surface area contributed by atoms with Gasteiger partial charge in [-0.15, -0.1) is 0 Å². The third-order valence-electron chi connectivity index (χ3n) is 2.71. The Bertz CT molecular complexity index is 211. The first kappa shape index (κ1) is 6.21. The largest absolute Gasteiger partial charge is 0.0772 e. The molecular formula is C10H16. The van der Waals surface area contributed by atoms with Crippen molar-refractivity contribution >= 4 is 0 Å². The monoisotopic (exact) mass is 136 g/mol. The van der Waals surface area contributed by atoms with Gasteiger partial charge in [-0.3, -0.25) is 0 Å². The van der Waals surface area contributed by atoms with E-state index in [1.54, 1.807) is 16.7 Å². The summed E-state index contributed by atoms with van der Waals surface area (Å²) in [5.41, 5.74) is 5.00. The summed E-state index contributed by atoms with van der Waals surface area (Å²) in [6.45, 7) is 2.26. The lowest BCUT2D eigenvalue weighted by Crippen LogP contribution is -1.95. The number of rotatable bonds is 0. The Balaban J connectivity index is 0.000000605. The second-order valence-corrected chi connectivity index (χ2v) is 3.38. The van der Waals surface area contributed by atoms with Crippen molar-refractivity contribution in [2.75, 3.05) is 0 Å². The number of hydrogen-bond donors (Lipinski definition) is 0. The summed E-state index contributed by atoms with van der Waals surface area (Å²) in [7, 11) is 0. The van der Waals surface area contributed by atoms with Crippen LogP contribution >= 0.6 is 0 Å². The van der Waals surface area contributed by atoms with Gasteiger partial charge in [-0.25, -0.2) is 0 Å². The Morgan fingerprint density at radius 3 is 2.90 bits per heavy atom. The molecular weight excluding hydrogens is 120 g/mol. The Labute approximate surface area is 64.1 Å². The third-order valence-corrected chi connectivity index (χ3v) is 2.71. The van der Waals surface area contributed by atoms with E-state index in [-0.39, 0.29) is 1.43 Å². The molecule has 2 aliphatic carbocycles. The van der Waals surface area contributed by atoms with Gasteiger partial charge in [0.05, 0.1) is 0 Å². The van der Waals surface area contributed by atoms with E-state index in [2.05, 4.69) is 13.0 Å². The van der Waals surface area contributed by atoms with Crippen LogP contribution in [-0.2, 0) is 0 Å². The molecule has 2 rings (SSSR count). The van der Waals surface area contributed by atoms with E-state index in [0.29, 0.717) is 0 Å². The van der Waals surface area contributed by atoms with Gasteiger partial charge in [0.2, 0.25) is 0 Å². The molecule has 0 spiro atoms. The van der Waals surface area contributed by atoms with Gasteiger partial charge >= 0.3 is 0 Å². The van der Waals surface area contributed by atoms with Crippen LogP contribution in [0.3, 0.4) is 0 Å². The van der Waals surface area contributed by atoms with Gasteiger partial charge in [-0.2, -0.15) is 0 Å². The molecule has 0 radical (unpaired) electrons. The minimum absolute atomic E-state index is 0. The van der Waals surface area contributed by atoms with E-state index in [9.17, 15) is 0 Å². The van der Waals surface area contributed by atoms with E-state index in [0.717, 1.165) is 0 Å². The molecule has 0 saturated heterocycles. The lowest BCUT2D eigenvalue weighted by Gasteiger charge is -2.14. The lowest BCUT2D eigenvalue weighted by atomic mass is 9.91. The highest BCUT2D eigenvalue weighted by atomic mass is 14.2. The number of allylic oxidation sites excluding steroid dienone is 4. The standard InChI is InChI=1S/C10H14.H2/c1-8-6-7-9-4-2-3-5-10(8)9;/h6H,2-5,7H2,1H3;1H. The summed E-state index contributed by atoms with van der Waals surface area (Å²) < 4.78 is 0. The molecule has 2 aliphatic rings. The van der Waals surface area contributed by atoms with Crippen LogP contribution in [0.4, 0.5) is 0 Å². The molecule has 0 nitrogen and oxygen atoms in total. The fourth-order valence-corrected chi connectivity index (χ4v) is 2.07. The first-order valence-electron chi connectivity index (χ1n) is 4.26. The van der Waals surface area contributed by atoms with Crippen LogP contribution in [0.15, 0.2) is 22.8 Å². The van der Waals surface area contributed by atoms with Gasteiger partial charge in [0, 0.05) is 1.43 Å². The number of hydrogen-bond acceptors (Lipinski definition) is 0. The SMILES string of the molecule is CC1=CCC2=C1CCCC2.[HH]. The Morgan fingerprint density at radius 2 is 2.10 bits per heavy atom. The molecule has 0 fully saturated rings. The average Bonchev–Trinajstić information content (AvgIpc) is 2.34. The quantitative estimate of drug-likeness (QED) is 0.478. The molecule has 56 valence electrons. The Morgan fingerprint density at radius 1 is 1.30 bits per heavy atom. The van der Waals surface area contributed by atoms with Crippen LogP contribution in [0, 0.1) is 0 Å². The van der Waals surface area contributed by atoms with Crippen molar-refractivity contribution in [3.63, 3.8) is 0 Å². The summed E-state index contributed by atoms with van der Waals surface area (Å²) in [4.78, 5) is 0. The van der Waals surface area contributed by atoms with Gasteiger partial charge in [0.15, 0.2) is 0 Å². The summed E-state index contributed by atoms with van der Waals surface area (Å²) in [6.07, 6.45) is 9.24. The molecule has 0 N–H and O–H groups in total. The van der Waals surface area contributed by atoms with Crippen molar-refractivity contribution in [3.05, 3.63) is 22.8 Å². The molecule has 0 heteroatoms. The van der Waals surface area contributed by atoms with E-state index < -0.39 is 0 Å². The zero-order valence-electron chi connectivity index (χ0n) is 6.61. The van der Waals surface area contributed by atoms with E-state index in [4.69, 9.17) is 0 Å². The Kier molecular flexibility index (Phi) is 1.40. The Hall–Kier alpha value is -0.520. The molecule has 0 saturated carbocycles. The highest BCUT2D eigenvalue weighted by Gasteiger charge is 2.16. The van der Waals surface area contributed by atoms with Crippen molar-refractivity contribution in [1.29, 1.82) is 0 Å². The smallest absolute Gasteiger partial charge is 0 e. The minimum atomic E-state index is 0. The predicted molar refractivity (Wildman–Crippen MR) is 46.0 cm³/mol.